The Labute approximate surface area is 222 Å². The zero-order valence-electron chi connectivity index (χ0n) is 23.8. The van der Waals surface area contributed by atoms with Crippen LogP contribution in [0.2, 0.25) is 0 Å². The van der Waals surface area contributed by atoms with Crippen molar-refractivity contribution >= 4 is 12.0 Å². The number of hydrogen-bond donors (Lipinski definition) is 3. The first kappa shape index (κ1) is 30.1. The summed E-state index contributed by atoms with van der Waals surface area (Å²) >= 11 is 0. The lowest BCUT2D eigenvalue weighted by atomic mass is 9.78. The number of phenols is 2. The molecular formula is C31H45NO5. The first-order valence-corrected chi connectivity index (χ1v) is 13.2. The molecular weight excluding hydrogens is 466 g/mol. The molecule has 6 heteroatoms. The molecule has 0 heterocycles. The van der Waals surface area contributed by atoms with Crippen LogP contribution in [0.4, 0.5) is 0 Å². The molecule has 0 aliphatic rings. The third-order valence-electron chi connectivity index (χ3n) is 5.91. The summed E-state index contributed by atoms with van der Waals surface area (Å²) < 4.78 is 11.3. The fourth-order valence-corrected chi connectivity index (χ4v) is 3.89. The molecule has 0 saturated carbocycles. The molecule has 0 radical (unpaired) electrons. The zero-order valence-corrected chi connectivity index (χ0v) is 23.8. The van der Waals surface area contributed by atoms with Crippen molar-refractivity contribution in [2.45, 2.75) is 85.5 Å². The van der Waals surface area contributed by atoms with Crippen molar-refractivity contribution < 1.29 is 24.5 Å². The third-order valence-corrected chi connectivity index (χ3v) is 5.91. The zero-order chi connectivity index (χ0) is 27.8. The van der Waals surface area contributed by atoms with E-state index in [1.807, 2.05) is 26.0 Å². The minimum Gasteiger partial charge on any atom is -0.507 e. The molecule has 0 atom stereocenters. The number of carbonyl (C=O) groups is 1. The predicted molar refractivity (Wildman–Crippen MR) is 151 cm³/mol. The smallest absolute Gasteiger partial charge is 0.244 e. The average molecular weight is 512 g/mol. The van der Waals surface area contributed by atoms with Crippen molar-refractivity contribution in [2.75, 3.05) is 19.8 Å². The molecule has 0 saturated heterocycles. The highest BCUT2D eigenvalue weighted by atomic mass is 16.5. The first-order chi connectivity index (χ1) is 17.3. The van der Waals surface area contributed by atoms with Gasteiger partial charge in [0.25, 0.3) is 0 Å². The molecule has 2 rings (SSSR count). The summed E-state index contributed by atoms with van der Waals surface area (Å²) in [7, 11) is 0. The lowest BCUT2D eigenvalue weighted by Crippen LogP contribution is -2.24. The lowest BCUT2D eigenvalue weighted by Gasteiger charge is -2.28. The van der Waals surface area contributed by atoms with Gasteiger partial charge in [0, 0.05) is 12.6 Å². The molecule has 6 nitrogen and oxygen atoms in total. The number of rotatable bonds is 11. The average Bonchev–Trinajstić information content (AvgIpc) is 2.81. The second kappa shape index (κ2) is 12.9. The topological polar surface area (TPSA) is 88.0 Å². The van der Waals surface area contributed by atoms with Crippen LogP contribution in [0, 0.1) is 0 Å². The third kappa shape index (κ3) is 8.73. The standard InChI is InChI=1S/C31H45NO5/c1-9-15-36-25-19-21(20-26(29(25)35)37-16-10-2)11-12-27(33)32-14-13-22-17-23(30(3,4)5)28(34)24(18-22)31(6,7)8/h11-12,17-20,34-35H,9-10,13-16H2,1-8H3,(H,32,33)/b12-11+. The highest BCUT2D eigenvalue weighted by Crippen LogP contribution is 2.40. The summed E-state index contributed by atoms with van der Waals surface area (Å²) in [5.41, 5.74) is 3.20. The fraction of sp³-hybridized carbons (Fsp3) is 0.516. The molecule has 0 aliphatic heterocycles. The van der Waals surface area contributed by atoms with Gasteiger partial charge in [-0.1, -0.05) is 67.5 Å². The summed E-state index contributed by atoms with van der Waals surface area (Å²) in [6.07, 6.45) is 5.42. The number of hydrogen-bond acceptors (Lipinski definition) is 5. The molecule has 0 aromatic heterocycles. The fourth-order valence-electron chi connectivity index (χ4n) is 3.89. The Morgan fingerprint density at radius 3 is 1.76 bits per heavy atom. The summed E-state index contributed by atoms with van der Waals surface area (Å²) in [5, 5.41) is 24.3. The maximum absolute atomic E-state index is 12.5. The maximum atomic E-state index is 12.5. The Kier molecular flexibility index (Phi) is 10.5. The van der Waals surface area contributed by atoms with E-state index in [1.54, 1.807) is 18.2 Å². The van der Waals surface area contributed by atoms with E-state index < -0.39 is 0 Å². The molecule has 0 fully saturated rings. The maximum Gasteiger partial charge on any atom is 0.244 e. The first-order valence-electron chi connectivity index (χ1n) is 13.2. The van der Waals surface area contributed by atoms with Gasteiger partial charge in [-0.05, 0) is 70.6 Å². The number of carbonyl (C=O) groups excluding carboxylic acids is 1. The number of ether oxygens (including phenoxy) is 2. The molecule has 0 bridgehead atoms. The van der Waals surface area contributed by atoms with Crippen molar-refractivity contribution in [1.82, 2.24) is 5.32 Å². The van der Waals surface area contributed by atoms with Crippen LogP contribution in [0.1, 0.15) is 90.5 Å². The number of amides is 1. The molecule has 0 unspecified atom stereocenters. The summed E-state index contributed by atoms with van der Waals surface area (Å²) in [6.45, 7) is 17.9. The quantitative estimate of drug-likeness (QED) is 0.294. The van der Waals surface area contributed by atoms with Crippen molar-refractivity contribution in [1.29, 1.82) is 0 Å². The normalized spacial score (nSPS) is 12.1. The van der Waals surface area contributed by atoms with Crippen molar-refractivity contribution in [2.24, 2.45) is 0 Å². The van der Waals surface area contributed by atoms with E-state index >= 15 is 0 Å². The van der Waals surface area contributed by atoms with Crippen LogP contribution in [0.5, 0.6) is 23.0 Å². The van der Waals surface area contributed by atoms with E-state index in [-0.39, 0.29) is 22.5 Å². The molecule has 3 N–H and O–H groups in total. The highest BCUT2D eigenvalue weighted by Gasteiger charge is 2.26. The van der Waals surface area contributed by atoms with Gasteiger partial charge in [0.05, 0.1) is 13.2 Å². The van der Waals surface area contributed by atoms with Gasteiger partial charge in [0.1, 0.15) is 5.75 Å². The van der Waals surface area contributed by atoms with Crippen molar-refractivity contribution in [3.05, 3.63) is 52.6 Å². The highest BCUT2D eigenvalue weighted by molar-refractivity contribution is 5.91. The van der Waals surface area contributed by atoms with Crippen LogP contribution < -0.4 is 14.8 Å². The molecule has 37 heavy (non-hydrogen) atoms. The Balaban J connectivity index is 2.14. The van der Waals surface area contributed by atoms with E-state index in [9.17, 15) is 15.0 Å². The Morgan fingerprint density at radius 1 is 0.838 bits per heavy atom. The Bertz CT molecular complexity index is 1030. The summed E-state index contributed by atoms with van der Waals surface area (Å²) in [5.74, 6) is 0.793. The van der Waals surface area contributed by atoms with Crippen molar-refractivity contribution in [3.63, 3.8) is 0 Å². The lowest BCUT2D eigenvalue weighted by molar-refractivity contribution is -0.116. The van der Waals surface area contributed by atoms with Crippen LogP contribution in [0.15, 0.2) is 30.3 Å². The van der Waals surface area contributed by atoms with Crippen molar-refractivity contribution in [3.8, 4) is 23.0 Å². The van der Waals surface area contributed by atoms with Gasteiger partial charge < -0.3 is 25.0 Å². The van der Waals surface area contributed by atoms with Crippen LogP contribution in [0.3, 0.4) is 0 Å². The van der Waals surface area contributed by atoms with Gasteiger partial charge in [-0.2, -0.15) is 0 Å². The summed E-state index contributed by atoms with van der Waals surface area (Å²) in [4.78, 5) is 12.5. The second-order valence-electron chi connectivity index (χ2n) is 11.5. The number of nitrogens with one attached hydrogen (secondary N) is 1. The molecule has 0 aliphatic carbocycles. The van der Waals surface area contributed by atoms with Crippen LogP contribution >= 0.6 is 0 Å². The molecule has 2 aromatic carbocycles. The summed E-state index contributed by atoms with van der Waals surface area (Å²) in [6, 6.07) is 7.48. The van der Waals surface area contributed by atoms with Crippen LogP contribution in [0.25, 0.3) is 6.08 Å². The van der Waals surface area contributed by atoms with Gasteiger partial charge in [-0.3, -0.25) is 4.79 Å². The predicted octanol–water partition coefficient (Wildman–Crippen LogP) is 6.64. The Morgan fingerprint density at radius 2 is 1.32 bits per heavy atom. The van der Waals surface area contributed by atoms with E-state index in [1.165, 1.54) is 6.08 Å². The van der Waals surface area contributed by atoms with Gasteiger partial charge in [-0.15, -0.1) is 0 Å². The van der Waals surface area contributed by atoms with E-state index in [0.29, 0.717) is 49.0 Å². The number of aromatic hydroxyl groups is 2. The second-order valence-corrected chi connectivity index (χ2v) is 11.5. The molecule has 2 aromatic rings. The molecule has 1 amide bonds. The number of benzene rings is 2. The monoisotopic (exact) mass is 511 g/mol. The van der Waals surface area contributed by atoms with Crippen LogP contribution in [-0.2, 0) is 22.0 Å². The molecule has 0 spiro atoms. The Hall–Kier alpha value is -3.15. The SMILES string of the molecule is CCCOc1cc(/C=C/C(=O)NCCc2cc(C(C)(C)C)c(O)c(C(C)(C)C)c2)cc(OCCC)c1O. The number of phenolic OH excluding ortho intramolecular Hbond substituents is 2. The van der Waals surface area contributed by atoms with E-state index in [2.05, 4.69) is 46.9 Å². The minimum atomic E-state index is -0.217. The van der Waals surface area contributed by atoms with Crippen LogP contribution in [-0.4, -0.2) is 35.9 Å². The van der Waals surface area contributed by atoms with Gasteiger partial charge in [0.15, 0.2) is 11.5 Å². The largest absolute Gasteiger partial charge is 0.507 e. The van der Waals surface area contributed by atoms with Gasteiger partial charge >= 0.3 is 0 Å². The van der Waals surface area contributed by atoms with Gasteiger partial charge in [0.2, 0.25) is 11.7 Å². The molecule has 204 valence electrons. The van der Waals surface area contributed by atoms with Gasteiger partial charge in [-0.25, -0.2) is 0 Å². The minimum absolute atomic E-state index is 0.0262. The van der Waals surface area contributed by atoms with E-state index in [4.69, 9.17) is 9.47 Å². The van der Waals surface area contributed by atoms with E-state index in [0.717, 1.165) is 29.5 Å².